The number of amides is 2. The Balaban J connectivity index is 1.28. The number of carbonyl (C=O) groups excluding carboxylic acids is 2. The van der Waals surface area contributed by atoms with E-state index < -0.39 is 5.69 Å². The van der Waals surface area contributed by atoms with Gasteiger partial charge in [0.1, 0.15) is 6.54 Å². The normalized spacial score (nSPS) is 14.7. The second-order valence-electron chi connectivity index (χ2n) is 8.11. The van der Waals surface area contributed by atoms with Crippen molar-refractivity contribution in [3.8, 4) is 0 Å². The summed E-state index contributed by atoms with van der Waals surface area (Å²) >= 11 is 0. The molecule has 2 aromatic carbocycles. The Bertz CT molecular complexity index is 1390. The first-order valence-corrected chi connectivity index (χ1v) is 10.9. The van der Waals surface area contributed by atoms with Crippen molar-refractivity contribution < 1.29 is 9.59 Å². The van der Waals surface area contributed by atoms with Gasteiger partial charge >= 0.3 is 5.69 Å². The first-order valence-electron chi connectivity index (χ1n) is 10.9. The van der Waals surface area contributed by atoms with Crippen molar-refractivity contribution in [1.82, 2.24) is 24.8 Å². The number of hydrogen-bond acceptors (Lipinski definition) is 4. The molecule has 0 bridgehead atoms. The Labute approximate surface area is 189 Å². The number of benzene rings is 2. The lowest BCUT2D eigenvalue weighted by molar-refractivity contribution is -0.122. The van der Waals surface area contributed by atoms with Gasteiger partial charge < -0.3 is 10.6 Å². The predicted octanol–water partition coefficient (Wildman–Crippen LogP) is 2.23. The van der Waals surface area contributed by atoms with Crippen molar-refractivity contribution in [2.75, 3.05) is 0 Å². The lowest BCUT2D eigenvalue weighted by atomic mass is 10.1. The highest BCUT2D eigenvalue weighted by molar-refractivity contribution is 5.94. The molecule has 5 rings (SSSR count). The van der Waals surface area contributed by atoms with Crippen LogP contribution in [0.2, 0.25) is 0 Å². The fraction of sp³-hybridized carbons (Fsp3) is 0.200. The lowest BCUT2D eigenvalue weighted by Crippen LogP contribution is -2.34. The fourth-order valence-electron chi connectivity index (χ4n) is 4.22. The van der Waals surface area contributed by atoms with Crippen LogP contribution in [0.4, 0.5) is 0 Å². The van der Waals surface area contributed by atoms with Crippen molar-refractivity contribution in [3.63, 3.8) is 0 Å². The van der Waals surface area contributed by atoms with Crippen LogP contribution in [0.25, 0.3) is 5.65 Å². The molecular formula is C25H23N5O3. The van der Waals surface area contributed by atoms with Crippen LogP contribution >= 0.6 is 0 Å². The molecule has 1 aliphatic rings. The maximum atomic E-state index is 12.8. The molecule has 0 radical (unpaired) electrons. The number of pyridine rings is 1. The van der Waals surface area contributed by atoms with Crippen LogP contribution in [0, 0.1) is 0 Å². The summed E-state index contributed by atoms with van der Waals surface area (Å²) < 4.78 is 2.41. The van der Waals surface area contributed by atoms with Crippen molar-refractivity contribution in [3.05, 3.63) is 106 Å². The average Bonchev–Trinajstić information content (AvgIpc) is 3.38. The number of aromatic nitrogens is 3. The maximum absolute atomic E-state index is 12.8. The second-order valence-corrected chi connectivity index (χ2v) is 8.11. The molecule has 1 atom stereocenters. The predicted molar refractivity (Wildman–Crippen MR) is 123 cm³/mol. The zero-order chi connectivity index (χ0) is 22.8. The Morgan fingerprint density at radius 1 is 1.00 bits per heavy atom. The molecular weight excluding hydrogens is 418 g/mol. The molecule has 33 heavy (non-hydrogen) atoms. The molecule has 166 valence electrons. The molecule has 1 aliphatic carbocycles. The molecule has 2 amide bonds. The van der Waals surface area contributed by atoms with Gasteiger partial charge in [-0.2, -0.15) is 0 Å². The number of carbonyl (C=O) groups is 2. The highest BCUT2D eigenvalue weighted by Crippen LogP contribution is 2.30. The van der Waals surface area contributed by atoms with Crippen molar-refractivity contribution in [2.45, 2.75) is 32.0 Å². The molecule has 0 saturated heterocycles. The summed E-state index contributed by atoms with van der Waals surface area (Å²) in [7, 11) is 0. The number of hydrogen-bond donors (Lipinski definition) is 2. The zero-order valence-electron chi connectivity index (χ0n) is 17.9. The van der Waals surface area contributed by atoms with Crippen LogP contribution in [0.5, 0.6) is 0 Å². The van der Waals surface area contributed by atoms with E-state index in [1.54, 1.807) is 12.1 Å². The molecule has 4 aromatic rings. The second kappa shape index (κ2) is 8.74. The molecule has 0 unspecified atom stereocenters. The van der Waals surface area contributed by atoms with Crippen LogP contribution in [0.1, 0.15) is 39.5 Å². The van der Waals surface area contributed by atoms with Gasteiger partial charge in [-0.05, 0) is 41.7 Å². The van der Waals surface area contributed by atoms with Crippen molar-refractivity contribution in [1.29, 1.82) is 0 Å². The molecule has 2 heterocycles. The van der Waals surface area contributed by atoms with E-state index in [9.17, 15) is 14.4 Å². The first-order chi connectivity index (χ1) is 16.1. The van der Waals surface area contributed by atoms with Crippen LogP contribution < -0.4 is 16.3 Å². The van der Waals surface area contributed by atoms with E-state index >= 15 is 0 Å². The number of nitrogens with one attached hydrogen (secondary N) is 2. The summed E-state index contributed by atoms with van der Waals surface area (Å²) in [6.07, 6.45) is 3.21. The largest absolute Gasteiger partial charge is 0.350 e. The van der Waals surface area contributed by atoms with Crippen LogP contribution in [-0.2, 0) is 24.3 Å². The van der Waals surface area contributed by atoms with Gasteiger partial charge in [0.15, 0.2) is 5.65 Å². The number of aryl methyl sites for hydroxylation is 1. The third-order valence-corrected chi connectivity index (χ3v) is 5.90. The van der Waals surface area contributed by atoms with E-state index in [4.69, 9.17) is 0 Å². The van der Waals surface area contributed by atoms with Gasteiger partial charge in [0.05, 0.1) is 11.6 Å². The number of rotatable bonds is 6. The fourth-order valence-corrected chi connectivity index (χ4v) is 4.22. The molecule has 0 aliphatic heterocycles. The molecule has 8 heteroatoms. The van der Waals surface area contributed by atoms with Gasteiger partial charge in [-0.15, -0.1) is 5.10 Å². The lowest BCUT2D eigenvalue weighted by Gasteiger charge is -2.13. The van der Waals surface area contributed by atoms with E-state index in [0.717, 1.165) is 28.7 Å². The van der Waals surface area contributed by atoms with Crippen molar-refractivity contribution in [2.24, 2.45) is 0 Å². The molecule has 2 aromatic heterocycles. The monoisotopic (exact) mass is 441 g/mol. The van der Waals surface area contributed by atoms with Crippen molar-refractivity contribution >= 4 is 17.5 Å². The average molecular weight is 441 g/mol. The van der Waals surface area contributed by atoms with E-state index in [1.165, 1.54) is 16.2 Å². The SMILES string of the molecule is O=C(Cn1nc2ccc(C(=O)NCc3ccccc3)cn2c1=O)N[C@@H]1CCc2ccccc21. The highest BCUT2D eigenvalue weighted by Gasteiger charge is 2.24. The molecule has 8 nitrogen and oxygen atoms in total. The summed E-state index contributed by atoms with van der Waals surface area (Å²) in [4.78, 5) is 38.0. The topological polar surface area (TPSA) is 97.5 Å². The van der Waals surface area contributed by atoms with E-state index in [0.29, 0.717) is 17.8 Å². The molecule has 0 spiro atoms. The number of nitrogens with zero attached hydrogens (tertiary/aromatic N) is 3. The molecule has 0 saturated carbocycles. The third-order valence-electron chi connectivity index (χ3n) is 5.90. The van der Waals surface area contributed by atoms with Gasteiger partial charge in [0.25, 0.3) is 5.91 Å². The Morgan fingerprint density at radius 3 is 2.64 bits per heavy atom. The van der Waals surface area contributed by atoms with Gasteiger partial charge in [0, 0.05) is 12.7 Å². The minimum absolute atomic E-state index is 0.0543. The third kappa shape index (κ3) is 4.27. The van der Waals surface area contributed by atoms with E-state index in [-0.39, 0.29) is 24.4 Å². The first kappa shape index (κ1) is 20.7. The maximum Gasteiger partial charge on any atom is 0.350 e. The molecule has 2 N–H and O–H groups in total. The smallest absolute Gasteiger partial charge is 0.348 e. The van der Waals surface area contributed by atoms with E-state index in [1.807, 2.05) is 48.5 Å². The summed E-state index contributed by atoms with van der Waals surface area (Å²) in [5, 5.41) is 10.1. The summed E-state index contributed by atoms with van der Waals surface area (Å²) in [5.74, 6) is -0.568. The van der Waals surface area contributed by atoms with Gasteiger partial charge in [-0.25, -0.2) is 13.9 Å². The van der Waals surface area contributed by atoms with Gasteiger partial charge in [-0.3, -0.25) is 9.59 Å². The number of fused-ring (bicyclic) bond motifs is 2. The van der Waals surface area contributed by atoms with Crippen LogP contribution in [0.15, 0.2) is 77.7 Å². The highest BCUT2D eigenvalue weighted by atomic mass is 16.2. The van der Waals surface area contributed by atoms with Gasteiger partial charge in [-0.1, -0.05) is 54.6 Å². The standard InChI is InChI=1S/C25H23N5O3/c31-23(27-21-12-10-18-8-4-5-9-20(18)21)16-30-25(33)29-15-19(11-13-22(29)28-30)24(32)26-14-17-6-2-1-3-7-17/h1-9,11,13,15,21H,10,12,14,16H2,(H,26,32)(H,27,31)/t21-/m1/s1. The quantitative estimate of drug-likeness (QED) is 0.480. The minimum Gasteiger partial charge on any atom is -0.348 e. The zero-order valence-corrected chi connectivity index (χ0v) is 17.9. The van der Waals surface area contributed by atoms with Gasteiger partial charge in [0.2, 0.25) is 5.91 Å². The Hall–Kier alpha value is -4.20. The Morgan fingerprint density at radius 2 is 1.79 bits per heavy atom. The molecule has 0 fully saturated rings. The van der Waals surface area contributed by atoms with E-state index in [2.05, 4.69) is 21.8 Å². The minimum atomic E-state index is -0.468. The summed E-state index contributed by atoms with van der Waals surface area (Å²) in [5.41, 5.74) is 3.59. The Kier molecular flexibility index (Phi) is 5.48. The van der Waals surface area contributed by atoms with Crippen LogP contribution in [-0.4, -0.2) is 26.0 Å². The summed E-state index contributed by atoms with van der Waals surface area (Å²) in [6, 6.07) is 20.8. The van der Waals surface area contributed by atoms with Crippen LogP contribution in [0.3, 0.4) is 0 Å². The summed E-state index contributed by atoms with van der Waals surface area (Å²) in [6.45, 7) is 0.199.